The predicted octanol–water partition coefficient (Wildman–Crippen LogP) is 2.46. The molecule has 1 amide bonds. The van der Waals surface area contributed by atoms with Crippen LogP contribution in [0.2, 0.25) is 0 Å². The predicted molar refractivity (Wildman–Crippen MR) is 72.1 cm³/mol. The summed E-state index contributed by atoms with van der Waals surface area (Å²) in [4.78, 5) is 12.0. The monoisotopic (exact) mass is 314 g/mol. The number of hydrogen-bond donors (Lipinski definition) is 2. The highest BCUT2D eigenvalue weighted by atomic mass is 79.9. The van der Waals surface area contributed by atoms with Gasteiger partial charge >= 0.3 is 0 Å². The van der Waals surface area contributed by atoms with Gasteiger partial charge in [0.25, 0.3) is 5.91 Å². The van der Waals surface area contributed by atoms with Gasteiger partial charge < -0.3 is 10.6 Å². The summed E-state index contributed by atoms with van der Waals surface area (Å²) in [5.74, 6) is -0.627. The van der Waals surface area contributed by atoms with Crippen molar-refractivity contribution in [2.45, 2.75) is 25.3 Å². The average molecular weight is 315 g/mol. The Morgan fingerprint density at radius 2 is 2.22 bits per heavy atom. The molecule has 18 heavy (non-hydrogen) atoms. The lowest BCUT2D eigenvalue weighted by molar-refractivity contribution is 0.0935. The summed E-state index contributed by atoms with van der Waals surface area (Å²) in [5, 5.41) is 6.22. The van der Waals surface area contributed by atoms with E-state index < -0.39 is 5.82 Å². The molecule has 1 unspecified atom stereocenters. The molecule has 0 radical (unpaired) electrons. The van der Waals surface area contributed by atoms with Crippen LogP contribution < -0.4 is 10.6 Å². The van der Waals surface area contributed by atoms with Gasteiger partial charge in [0.2, 0.25) is 0 Å². The number of amides is 1. The van der Waals surface area contributed by atoms with Crippen molar-refractivity contribution in [3.8, 4) is 0 Å². The van der Waals surface area contributed by atoms with E-state index in [2.05, 4.69) is 26.6 Å². The highest BCUT2D eigenvalue weighted by molar-refractivity contribution is 9.10. The van der Waals surface area contributed by atoms with Crippen LogP contribution >= 0.6 is 15.9 Å². The third kappa shape index (κ3) is 3.78. The van der Waals surface area contributed by atoms with E-state index in [1.807, 2.05) is 0 Å². The summed E-state index contributed by atoms with van der Waals surface area (Å²) in [6, 6.07) is 4.35. The fourth-order valence-corrected chi connectivity index (χ4v) is 2.56. The van der Waals surface area contributed by atoms with Crippen LogP contribution in [-0.2, 0) is 0 Å². The normalized spacial score (nSPS) is 20.2. The molecule has 1 saturated heterocycles. The Bertz CT molecular complexity index is 411. The molecule has 1 fully saturated rings. The first-order valence-electron chi connectivity index (χ1n) is 6.13. The van der Waals surface area contributed by atoms with Crippen LogP contribution in [0.3, 0.4) is 0 Å². The van der Waals surface area contributed by atoms with Gasteiger partial charge in [0.15, 0.2) is 0 Å². The third-order valence-electron chi connectivity index (χ3n) is 3.01. The van der Waals surface area contributed by atoms with Crippen molar-refractivity contribution < 1.29 is 9.18 Å². The maximum Gasteiger partial charge on any atom is 0.251 e. The van der Waals surface area contributed by atoms with Gasteiger partial charge in [-0.3, -0.25) is 4.79 Å². The van der Waals surface area contributed by atoms with E-state index in [0.717, 1.165) is 32.4 Å². The Morgan fingerprint density at radius 3 is 3.00 bits per heavy atom. The van der Waals surface area contributed by atoms with Gasteiger partial charge in [0.1, 0.15) is 5.82 Å². The molecule has 0 bridgehead atoms. The second-order valence-electron chi connectivity index (χ2n) is 4.53. The van der Waals surface area contributed by atoms with E-state index in [-0.39, 0.29) is 11.9 Å². The molecule has 1 aliphatic heterocycles. The van der Waals surface area contributed by atoms with Gasteiger partial charge in [0.05, 0.1) is 0 Å². The number of hydrogen-bond acceptors (Lipinski definition) is 2. The second-order valence-corrected chi connectivity index (χ2v) is 5.44. The molecule has 1 aromatic carbocycles. The van der Waals surface area contributed by atoms with Crippen LogP contribution in [-0.4, -0.2) is 25.0 Å². The molecular formula is C13H16BrFN2O. The summed E-state index contributed by atoms with van der Waals surface area (Å²) in [7, 11) is 0. The molecule has 1 atom stereocenters. The second kappa shape index (κ2) is 6.29. The lowest BCUT2D eigenvalue weighted by Gasteiger charge is -2.16. The minimum Gasteiger partial charge on any atom is -0.348 e. The topological polar surface area (TPSA) is 41.1 Å². The Hall–Kier alpha value is -0.940. The Kier molecular flexibility index (Phi) is 4.72. The van der Waals surface area contributed by atoms with E-state index >= 15 is 0 Å². The van der Waals surface area contributed by atoms with Gasteiger partial charge in [-0.1, -0.05) is 22.4 Å². The van der Waals surface area contributed by atoms with Crippen molar-refractivity contribution in [2.24, 2.45) is 0 Å². The Balaban J connectivity index is 2.01. The van der Waals surface area contributed by atoms with Crippen molar-refractivity contribution in [2.75, 3.05) is 13.1 Å². The van der Waals surface area contributed by atoms with Crippen LogP contribution in [0.4, 0.5) is 4.39 Å². The largest absolute Gasteiger partial charge is 0.348 e. The summed E-state index contributed by atoms with van der Waals surface area (Å²) in [6.45, 7) is 1.78. The number of carbonyl (C=O) groups excluding carboxylic acids is 1. The Morgan fingerprint density at radius 1 is 1.39 bits per heavy atom. The number of nitrogens with one attached hydrogen (secondary N) is 2. The zero-order valence-electron chi connectivity index (χ0n) is 10.0. The minimum atomic E-state index is -0.409. The first-order chi connectivity index (χ1) is 8.65. The average Bonchev–Trinajstić information content (AvgIpc) is 2.56. The zero-order valence-corrected chi connectivity index (χ0v) is 11.6. The molecule has 0 aliphatic carbocycles. The quantitative estimate of drug-likeness (QED) is 0.880. The molecule has 1 aliphatic rings. The molecule has 1 aromatic rings. The van der Waals surface area contributed by atoms with Crippen LogP contribution in [0.1, 0.15) is 29.6 Å². The van der Waals surface area contributed by atoms with E-state index in [1.54, 1.807) is 6.07 Å². The third-order valence-corrected chi connectivity index (χ3v) is 3.46. The maximum absolute atomic E-state index is 13.2. The molecule has 98 valence electrons. The summed E-state index contributed by atoms with van der Waals surface area (Å²) < 4.78 is 13.8. The standard InChI is InChI=1S/C13H16BrFN2O/c14-10-5-9(6-11(15)7-10)13(18)17-12-3-1-2-4-16-8-12/h5-7,12,16H,1-4,8H2,(H,17,18). The van der Waals surface area contributed by atoms with Gasteiger partial charge in [-0.15, -0.1) is 0 Å². The summed E-state index contributed by atoms with van der Waals surface area (Å²) in [5.41, 5.74) is 0.353. The molecule has 2 rings (SSSR count). The molecular weight excluding hydrogens is 299 g/mol. The first-order valence-corrected chi connectivity index (χ1v) is 6.92. The fraction of sp³-hybridized carbons (Fsp3) is 0.462. The van der Waals surface area contributed by atoms with Crippen molar-refractivity contribution in [3.05, 3.63) is 34.1 Å². The lowest BCUT2D eigenvalue weighted by atomic mass is 10.1. The molecule has 0 spiro atoms. The van der Waals surface area contributed by atoms with Gasteiger partial charge in [-0.2, -0.15) is 0 Å². The molecule has 0 aromatic heterocycles. The SMILES string of the molecule is O=C(NC1CCCCNC1)c1cc(F)cc(Br)c1. The van der Waals surface area contributed by atoms with Gasteiger partial charge in [-0.05, 0) is 37.6 Å². The van der Waals surface area contributed by atoms with Crippen LogP contribution in [0.25, 0.3) is 0 Å². The van der Waals surface area contributed by atoms with E-state index in [4.69, 9.17) is 0 Å². The Labute approximate surface area is 114 Å². The van der Waals surface area contributed by atoms with E-state index in [1.165, 1.54) is 12.1 Å². The van der Waals surface area contributed by atoms with Crippen LogP contribution in [0.5, 0.6) is 0 Å². The van der Waals surface area contributed by atoms with Crippen molar-refractivity contribution in [3.63, 3.8) is 0 Å². The number of rotatable bonds is 2. The first kappa shape index (κ1) is 13.5. The highest BCUT2D eigenvalue weighted by Gasteiger charge is 2.16. The minimum absolute atomic E-state index is 0.127. The molecule has 5 heteroatoms. The van der Waals surface area contributed by atoms with Crippen LogP contribution in [0.15, 0.2) is 22.7 Å². The fourth-order valence-electron chi connectivity index (χ4n) is 2.10. The van der Waals surface area contributed by atoms with Gasteiger partial charge in [0, 0.05) is 22.6 Å². The highest BCUT2D eigenvalue weighted by Crippen LogP contribution is 2.15. The lowest BCUT2D eigenvalue weighted by Crippen LogP contribution is -2.40. The smallest absolute Gasteiger partial charge is 0.251 e. The van der Waals surface area contributed by atoms with Gasteiger partial charge in [-0.25, -0.2) is 4.39 Å². The van der Waals surface area contributed by atoms with E-state index in [0.29, 0.717) is 10.0 Å². The zero-order chi connectivity index (χ0) is 13.0. The number of benzene rings is 1. The van der Waals surface area contributed by atoms with Crippen molar-refractivity contribution >= 4 is 21.8 Å². The molecule has 1 heterocycles. The number of halogens is 2. The van der Waals surface area contributed by atoms with Crippen molar-refractivity contribution in [1.82, 2.24) is 10.6 Å². The van der Waals surface area contributed by atoms with E-state index in [9.17, 15) is 9.18 Å². The number of carbonyl (C=O) groups is 1. The molecule has 3 nitrogen and oxygen atoms in total. The van der Waals surface area contributed by atoms with Crippen LogP contribution in [0, 0.1) is 5.82 Å². The molecule has 0 saturated carbocycles. The summed E-state index contributed by atoms with van der Waals surface area (Å²) >= 11 is 3.19. The van der Waals surface area contributed by atoms with Crippen molar-refractivity contribution in [1.29, 1.82) is 0 Å². The molecule has 2 N–H and O–H groups in total. The summed E-state index contributed by atoms with van der Waals surface area (Å²) in [6.07, 6.45) is 3.21. The maximum atomic E-state index is 13.2.